The zero-order valence-electron chi connectivity index (χ0n) is 14.1. The summed E-state index contributed by atoms with van der Waals surface area (Å²) >= 11 is 0. The fourth-order valence-electron chi connectivity index (χ4n) is 2.49. The van der Waals surface area contributed by atoms with Crippen LogP contribution >= 0.6 is 0 Å². The maximum atomic E-state index is 9.31. The first-order valence-electron chi connectivity index (χ1n) is 8.02. The Morgan fingerprint density at radius 2 is 2.09 bits per heavy atom. The lowest BCUT2D eigenvalue weighted by atomic mass is 10.1. The van der Waals surface area contributed by atoms with Gasteiger partial charge >= 0.3 is 0 Å². The van der Waals surface area contributed by atoms with Crippen LogP contribution in [0.25, 0.3) is 0 Å². The second-order valence-electron chi connectivity index (χ2n) is 5.83. The highest BCUT2D eigenvalue weighted by Crippen LogP contribution is 2.24. The number of aromatic nitrogens is 2. The van der Waals surface area contributed by atoms with Crippen molar-refractivity contribution in [1.29, 1.82) is 5.26 Å². The first-order chi connectivity index (χ1) is 11.1. The highest BCUT2D eigenvalue weighted by molar-refractivity contribution is 5.55. The van der Waals surface area contributed by atoms with E-state index >= 15 is 0 Å². The predicted molar refractivity (Wildman–Crippen MR) is 91.1 cm³/mol. The molecule has 0 aliphatic carbocycles. The minimum atomic E-state index is 0.321. The normalized spacial score (nSPS) is 10.5. The summed E-state index contributed by atoms with van der Waals surface area (Å²) in [6.45, 7) is 7.35. The van der Waals surface area contributed by atoms with Gasteiger partial charge in [0.25, 0.3) is 5.88 Å². The smallest absolute Gasteiger partial charge is 0.253 e. The van der Waals surface area contributed by atoms with Gasteiger partial charge in [-0.15, -0.1) is 5.10 Å². The fourth-order valence-corrected chi connectivity index (χ4v) is 2.49. The molecule has 0 fully saturated rings. The third kappa shape index (κ3) is 4.04. The lowest BCUT2D eigenvalue weighted by molar-refractivity contribution is 0.287. The monoisotopic (exact) mass is 312 g/mol. The van der Waals surface area contributed by atoms with Crippen molar-refractivity contribution in [3.05, 3.63) is 40.5 Å². The maximum absolute atomic E-state index is 9.31. The van der Waals surface area contributed by atoms with Gasteiger partial charge in [0.2, 0.25) is 0 Å². The van der Waals surface area contributed by atoms with E-state index in [0.29, 0.717) is 30.4 Å². The highest BCUT2D eigenvalue weighted by atomic mass is 16.5. The molecule has 0 spiro atoms. The number of aryl methyl sites for hydroxylation is 3. The molecule has 0 bridgehead atoms. The Morgan fingerprint density at radius 1 is 1.30 bits per heavy atom. The summed E-state index contributed by atoms with van der Waals surface area (Å²) in [5, 5.41) is 13.7. The summed E-state index contributed by atoms with van der Waals surface area (Å²) < 4.78 is 7.44. The molecule has 0 amide bonds. The fraction of sp³-hybridized carbons (Fsp3) is 0.444. The number of nitrogens with zero attached hydrogens (tertiary/aromatic N) is 3. The van der Waals surface area contributed by atoms with Crippen LogP contribution in [0.15, 0.2) is 18.2 Å². The van der Waals surface area contributed by atoms with Crippen molar-refractivity contribution in [2.45, 2.75) is 53.2 Å². The molecule has 0 aliphatic rings. The van der Waals surface area contributed by atoms with Gasteiger partial charge in [-0.25, -0.2) is 4.68 Å². The van der Waals surface area contributed by atoms with E-state index in [1.807, 2.05) is 6.07 Å². The Hall–Kier alpha value is -2.48. The quantitative estimate of drug-likeness (QED) is 0.790. The van der Waals surface area contributed by atoms with E-state index < -0.39 is 0 Å². The molecule has 1 aromatic heterocycles. The molecule has 0 saturated carbocycles. The molecule has 2 N–H and O–H groups in total. The van der Waals surface area contributed by atoms with Crippen LogP contribution < -0.4 is 10.5 Å². The maximum Gasteiger partial charge on any atom is 0.253 e. The topological polar surface area (TPSA) is 76.9 Å². The number of hydrogen-bond acceptors (Lipinski definition) is 4. The van der Waals surface area contributed by atoms with Gasteiger partial charge in [0.1, 0.15) is 18.5 Å². The van der Waals surface area contributed by atoms with Crippen LogP contribution in [0.5, 0.6) is 5.88 Å². The summed E-state index contributed by atoms with van der Waals surface area (Å²) in [6.07, 6.45) is 3.23. The van der Waals surface area contributed by atoms with Crippen LogP contribution in [0, 0.1) is 25.2 Å². The van der Waals surface area contributed by atoms with E-state index in [1.54, 1.807) is 4.68 Å². The zero-order chi connectivity index (χ0) is 16.8. The Balaban J connectivity index is 2.12. The molecule has 5 nitrogen and oxygen atoms in total. The van der Waals surface area contributed by atoms with E-state index in [2.05, 4.69) is 44.1 Å². The van der Waals surface area contributed by atoms with Crippen molar-refractivity contribution in [3.8, 4) is 11.9 Å². The Morgan fingerprint density at radius 3 is 2.74 bits per heavy atom. The average Bonchev–Trinajstić information content (AvgIpc) is 2.82. The minimum absolute atomic E-state index is 0.321. The van der Waals surface area contributed by atoms with Crippen molar-refractivity contribution in [2.24, 2.45) is 0 Å². The predicted octanol–water partition coefficient (Wildman–Crippen LogP) is 3.72. The number of hydrogen-bond donors (Lipinski definition) is 1. The van der Waals surface area contributed by atoms with Crippen LogP contribution in [0.3, 0.4) is 0 Å². The zero-order valence-corrected chi connectivity index (χ0v) is 14.1. The van der Waals surface area contributed by atoms with Crippen LogP contribution in [0.1, 0.15) is 48.4 Å². The number of nitrogen functional groups attached to an aromatic ring is 1. The van der Waals surface area contributed by atoms with Crippen LogP contribution in [0.4, 0.5) is 5.82 Å². The third-order valence-electron chi connectivity index (χ3n) is 3.91. The average molecular weight is 312 g/mol. The van der Waals surface area contributed by atoms with E-state index in [-0.39, 0.29) is 0 Å². The van der Waals surface area contributed by atoms with Crippen LogP contribution in [-0.4, -0.2) is 9.78 Å². The van der Waals surface area contributed by atoms with E-state index in [9.17, 15) is 5.26 Å². The van der Waals surface area contributed by atoms with E-state index in [4.69, 9.17) is 10.5 Å². The lowest BCUT2D eigenvalue weighted by Crippen LogP contribution is -2.05. The first-order valence-corrected chi connectivity index (χ1v) is 8.02. The summed E-state index contributed by atoms with van der Waals surface area (Å²) in [5.74, 6) is 0.709. The number of anilines is 1. The number of ether oxygens (including phenoxy) is 1. The molecule has 2 aromatic rings. The lowest BCUT2D eigenvalue weighted by Gasteiger charge is -2.07. The van der Waals surface area contributed by atoms with Gasteiger partial charge in [-0.3, -0.25) is 0 Å². The van der Waals surface area contributed by atoms with Crippen molar-refractivity contribution < 1.29 is 4.74 Å². The molecule has 2 rings (SSSR count). The molecule has 0 aliphatic heterocycles. The second kappa shape index (κ2) is 7.68. The molecular formula is C18H24N4O. The molecular weight excluding hydrogens is 288 g/mol. The van der Waals surface area contributed by atoms with Gasteiger partial charge in [0.15, 0.2) is 5.56 Å². The number of unbranched alkanes of at least 4 members (excludes halogenated alkanes) is 2. The van der Waals surface area contributed by atoms with E-state index in [0.717, 1.165) is 24.8 Å². The van der Waals surface area contributed by atoms with E-state index in [1.165, 1.54) is 11.1 Å². The summed E-state index contributed by atoms with van der Waals surface area (Å²) in [6, 6.07) is 8.30. The van der Waals surface area contributed by atoms with Gasteiger partial charge in [-0.1, -0.05) is 43.5 Å². The minimum Gasteiger partial charge on any atom is -0.471 e. The number of benzene rings is 1. The van der Waals surface area contributed by atoms with Gasteiger partial charge in [-0.2, -0.15) is 5.26 Å². The first kappa shape index (κ1) is 16.9. The summed E-state index contributed by atoms with van der Waals surface area (Å²) in [4.78, 5) is 0. The third-order valence-corrected chi connectivity index (χ3v) is 3.91. The number of rotatable bonds is 7. The number of nitrogens with two attached hydrogens (primary N) is 1. The van der Waals surface area contributed by atoms with Crippen LogP contribution in [0.2, 0.25) is 0 Å². The Bertz CT molecular complexity index is 713. The molecule has 5 heteroatoms. The van der Waals surface area contributed by atoms with Gasteiger partial charge in [-0.05, 0) is 31.4 Å². The molecule has 0 radical (unpaired) electrons. The largest absolute Gasteiger partial charge is 0.471 e. The van der Waals surface area contributed by atoms with Gasteiger partial charge in [0.05, 0.1) is 0 Å². The van der Waals surface area contributed by atoms with Crippen molar-refractivity contribution in [2.75, 3.05) is 5.73 Å². The molecule has 122 valence electrons. The summed E-state index contributed by atoms with van der Waals surface area (Å²) in [5.41, 5.74) is 9.80. The molecule has 0 saturated heterocycles. The highest BCUT2D eigenvalue weighted by Gasteiger charge is 2.17. The molecule has 0 atom stereocenters. The Kier molecular flexibility index (Phi) is 5.64. The molecule has 1 aromatic carbocycles. The molecule has 23 heavy (non-hydrogen) atoms. The van der Waals surface area contributed by atoms with Gasteiger partial charge < -0.3 is 10.5 Å². The summed E-state index contributed by atoms with van der Waals surface area (Å²) in [7, 11) is 0. The number of nitriles is 1. The Labute approximate surface area is 137 Å². The SMILES string of the molecule is CCCCCn1nc(OCc2ccc(C)cc2C)c(C#N)c1N. The second-order valence-corrected chi connectivity index (χ2v) is 5.83. The molecule has 1 heterocycles. The molecule has 0 unspecified atom stereocenters. The van der Waals surface area contributed by atoms with Gasteiger partial charge in [0, 0.05) is 6.54 Å². The van der Waals surface area contributed by atoms with Crippen molar-refractivity contribution in [3.63, 3.8) is 0 Å². The van der Waals surface area contributed by atoms with Crippen molar-refractivity contribution >= 4 is 5.82 Å². The standard InChI is InChI=1S/C18H24N4O/c1-4-5-6-9-22-17(20)16(11-19)18(21-22)23-12-15-8-7-13(2)10-14(15)3/h7-8,10H,4-6,9,12,20H2,1-3H3. The van der Waals surface area contributed by atoms with Crippen LogP contribution in [-0.2, 0) is 13.2 Å². The van der Waals surface area contributed by atoms with Crippen molar-refractivity contribution in [1.82, 2.24) is 9.78 Å².